The van der Waals surface area contributed by atoms with Crippen LogP contribution in [0.2, 0.25) is 0 Å². The van der Waals surface area contributed by atoms with Gasteiger partial charge in [0.2, 0.25) is 10.0 Å². The topological polar surface area (TPSA) is 90.3 Å². The maximum absolute atomic E-state index is 14.9. The smallest absolute Gasteiger partial charge is 0.257 e. The van der Waals surface area contributed by atoms with Gasteiger partial charge in [-0.2, -0.15) is 0 Å². The molecule has 2 atom stereocenters. The number of nitrogens with zero attached hydrogens (tertiary/aromatic N) is 2. The highest BCUT2D eigenvalue weighted by Gasteiger charge is 2.35. The van der Waals surface area contributed by atoms with E-state index in [1.54, 1.807) is 29.1 Å². The van der Waals surface area contributed by atoms with Gasteiger partial charge in [-0.1, -0.05) is 36.4 Å². The predicted octanol–water partition coefficient (Wildman–Crippen LogP) is 3.83. The molecule has 0 spiro atoms. The Morgan fingerprint density at radius 2 is 1.97 bits per heavy atom. The van der Waals surface area contributed by atoms with Crippen molar-refractivity contribution in [3.05, 3.63) is 81.8 Å². The summed E-state index contributed by atoms with van der Waals surface area (Å²) in [5.74, 6) is -0.701. The number of methoxy groups -OCH3 is 1. The summed E-state index contributed by atoms with van der Waals surface area (Å²) in [6.45, 7) is 3.82. The predicted molar refractivity (Wildman–Crippen MR) is 134 cm³/mol. The standard InChI is InChI=1S/C26H30FN3O4S/c1-16(2)30-15-28-22-12-11-21(29-35(4,32)33)20(24(22)26(30)31)14-17-7-5-8-18(13-17)19-9-6-10-23(34-3)25(19)27/h5-10,13,15-16,20-21,29H,11-12,14H2,1-4H3/t20-,21-/m0/s1. The van der Waals surface area contributed by atoms with E-state index in [2.05, 4.69) is 9.71 Å². The summed E-state index contributed by atoms with van der Waals surface area (Å²) in [6, 6.07) is 11.9. The van der Waals surface area contributed by atoms with Crippen molar-refractivity contribution in [1.82, 2.24) is 14.3 Å². The van der Waals surface area contributed by atoms with E-state index < -0.39 is 27.8 Å². The summed E-state index contributed by atoms with van der Waals surface area (Å²) in [5, 5.41) is 0. The average molecular weight is 500 g/mol. The van der Waals surface area contributed by atoms with E-state index in [9.17, 15) is 17.6 Å². The fourth-order valence-electron chi connectivity index (χ4n) is 4.82. The fourth-order valence-corrected chi connectivity index (χ4v) is 5.65. The minimum absolute atomic E-state index is 0.0800. The number of aryl methyl sites for hydroxylation is 1. The Kier molecular flexibility index (Phi) is 7.10. The van der Waals surface area contributed by atoms with E-state index in [1.165, 1.54) is 7.11 Å². The van der Waals surface area contributed by atoms with Gasteiger partial charge in [0.1, 0.15) is 0 Å². The van der Waals surface area contributed by atoms with Crippen LogP contribution in [0, 0.1) is 5.82 Å². The molecule has 1 heterocycles. The second kappa shape index (κ2) is 9.91. The van der Waals surface area contributed by atoms with Gasteiger partial charge in [-0.15, -0.1) is 0 Å². The summed E-state index contributed by atoms with van der Waals surface area (Å²) in [6.07, 6.45) is 4.15. The molecule has 2 aromatic carbocycles. The van der Waals surface area contributed by atoms with Crippen molar-refractivity contribution in [3.63, 3.8) is 0 Å². The van der Waals surface area contributed by atoms with Gasteiger partial charge in [-0.25, -0.2) is 22.5 Å². The van der Waals surface area contributed by atoms with Crippen LogP contribution in [0.15, 0.2) is 53.6 Å². The van der Waals surface area contributed by atoms with Gasteiger partial charge in [0.15, 0.2) is 11.6 Å². The van der Waals surface area contributed by atoms with E-state index >= 15 is 0 Å². The molecule has 0 fully saturated rings. The third-order valence-electron chi connectivity index (χ3n) is 6.46. The third-order valence-corrected chi connectivity index (χ3v) is 7.19. The van der Waals surface area contributed by atoms with Crippen molar-refractivity contribution < 1.29 is 17.5 Å². The minimum Gasteiger partial charge on any atom is -0.494 e. The van der Waals surface area contributed by atoms with E-state index in [-0.39, 0.29) is 17.4 Å². The molecule has 0 radical (unpaired) electrons. The van der Waals surface area contributed by atoms with Gasteiger partial charge in [0.25, 0.3) is 5.56 Å². The molecule has 9 heteroatoms. The van der Waals surface area contributed by atoms with Crippen molar-refractivity contribution in [2.45, 2.75) is 51.1 Å². The lowest BCUT2D eigenvalue weighted by molar-refractivity contribution is 0.387. The maximum Gasteiger partial charge on any atom is 0.257 e. The first-order valence-electron chi connectivity index (χ1n) is 11.6. The highest BCUT2D eigenvalue weighted by molar-refractivity contribution is 7.88. The van der Waals surface area contributed by atoms with Crippen LogP contribution in [0.25, 0.3) is 11.1 Å². The molecule has 4 rings (SSSR count). The van der Waals surface area contributed by atoms with Crippen molar-refractivity contribution in [1.29, 1.82) is 0 Å². The van der Waals surface area contributed by atoms with Gasteiger partial charge in [0, 0.05) is 29.1 Å². The highest BCUT2D eigenvalue weighted by Crippen LogP contribution is 2.34. The van der Waals surface area contributed by atoms with Crippen LogP contribution in [-0.2, 0) is 22.9 Å². The molecule has 1 aliphatic carbocycles. The first-order chi connectivity index (χ1) is 16.6. The summed E-state index contributed by atoms with van der Waals surface area (Å²) in [4.78, 5) is 18.0. The SMILES string of the molecule is COc1cccc(-c2cccc(C[C@@H]3c4c(ncn(C(C)C)c4=O)CC[C@@H]3NS(C)(=O)=O)c2)c1F. The maximum atomic E-state index is 14.9. The van der Waals surface area contributed by atoms with Crippen LogP contribution in [0.4, 0.5) is 4.39 Å². The minimum atomic E-state index is -3.50. The van der Waals surface area contributed by atoms with Crippen LogP contribution >= 0.6 is 0 Å². The quantitative estimate of drug-likeness (QED) is 0.534. The van der Waals surface area contributed by atoms with Crippen molar-refractivity contribution in [2.24, 2.45) is 0 Å². The molecular formula is C26H30FN3O4S. The molecule has 1 aliphatic rings. The zero-order valence-electron chi connectivity index (χ0n) is 20.3. The Labute approximate surface area is 205 Å². The molecule has 1 N–H and O–H groups in total. The van der Waals surface area contributed by atoms with Crippen molar-refractivity contribution >= 4 is 10.0 Å². The number of hydrogen-bond donors (Lipinski definition) is 1. The molecule has 0 unspecified atom stereocenters. The van der Waals surface area contributed by atoms with Gasteiger partial charge >= 0.3 is 0 Å². The Bertz CT molecular complexity index is 1400. The molecule has 0 saturated heterocycles. The van der Waals surface area contributed by atoms with E-state index in [4.69, 9.17) is 4.74 Å². The number of hydrogen-bond acceptors (Lipinski definition) is 5. The number of benzene rings is 2. The lowest BCUT2D eigenvalue weighted by Gasteiger charge is -2.33. The van der Waals surface area contributed by atoms with Crippen LogP contribution in [0.5, 0.6) is 5.75 Å². The van der Waals surface area contributed by atoms with Crippen LogP contribution in [-0.4, -0.2) is 37.4 Å². The van der Waals surface area contributed by atoms with Crippen molar-refractivity contribution in [2.75, 3.05) is 13.4 Å². The molecule has 0 saturated carbocycles. The first kappa shape index (κ1) is 25.1. The summed E-state index contributed by atoms with van der Waals surface area (Å²) in [7, 11) is -2.08. The zero-order valence-corrected chi connectivity index (χ0v) is 21.1. The Morgan fingerprint density at radius 1 is 1.23 bits per heavy atom. The molecule has 7 nitrogen and oxygen atoms in total. The summed E-state index contributed by atoms with van der Waals surface area (Å²) >= 11 is 0. The molecule has 35 heavy (non-hydrogen) atoms. The number of sulfonamides is 1. The summed E-state index contributed by atoms with van der Waals surface area (Å²) in [5.41, 5.74) is 3.05. The fraction of sp³-hybridized carbons (Fsp3) is 0.385. The highest BCUT2D eigenvalue weighted by atomic mass is 32.2. The largest absolute Gasteiger partial charge is 0.494 e. The molecule has 3 aromatic rings. The van der Waals surface area contributed by atoms with E-state index in [0.29, 0.717) is 41.6 Å². The second-order valence-electron chi connectivity index (χ2n) is 9.28. The lowest BCUT2D eigenvalue weighted by atomic mass is 9.78. The number of fused-ring (bicyclic) bond motifs is 1. The van der Waals surface area contributed by atoms with Gasteiger partial charge in [-0.05, 0) is 50.3 Å². The Morgan fingerprint density at radius 3 is 2.66 bits per heavy atom. The molecule has 186 valence electrons. The average Bonchev–Trinajstić information content (AvgIpc) is 2.80. The van der Waals surface area contributed by atoms with E-state index in [0.717, 1.165) is 11.8 Å². The van der Waals surface area contributed by atoms with E-state index in [1.807, 2.05) is 38.1 Å². The Balaban J connectivity index is 1.78. The molecular weight excluding hydrogens is 469 g/mol. The van der Waals surface area contributed by atoms with Crippen molar-refractivity contribution in [3.8, 4) is 16.9 Å². The monoisotopic (exact) mass is 499 g/mol. The van der Waals surface area contributed by atoms with Crippen LogP contribution in [0.1, 0.15) is 49.0 Å². The lowest BCUT2D eigenvalue weighted by Crippen LogP contribution is -2.45. The van der Waals surface area contributed by atoms with Gasteiger partial charge in [-0.3, -0.25) is 9.36 Å². The zero-order chi connectivity index (χ0) is 25.3. The third kappa shape index (κ3) is 5.31. The van der Waals surface area contributed by atoms with Crippen LogP contribution in [0.3, 0.4) is 0 Å². The molecule has 0 bridgehead atoms. The molecule has 0 amide bonds. The number of aromatic nitrogens is 2. The Hall–Kier alpha value is -3.04. The molecule has 0 aliphatic heterocycles. The normalized spacial score (nSPS) is 17.9. The number of ether oxygens (including phenoxy) is 1. The number of halogens is 1. The summed E-state index contributed by atoms with van der Waals surface area (Å²) < 4.78 is 48.6. The van der Waals surface area contributed by atoms with Gasteiger partial charge < -0.3 is 4.74 Å². The first-order valence-corrected chi connectivity index (χ1v) is 13.5. The molecule has 1 aromatic heterocycles. The number of rotatable bonds is 7. The number of nitrogens with one attached hydrogen (secondary N) is 1. The second-order valence-corrected chi connectivity index (χ2v) is 11.1. The van der Waals surface area contributed by atoms with Gasteiger partial charge in [0.05, 0.1) is 25.4 Å². The van der Waals surface area contributed by atoms with Crippen LogP contribution < -0.4 is 15.0 Å².